The number of hydrogen-bond donors (Lipinski definition) is 2. The van der Waals surface area contributed by atoms with Crippen molar-refractivity contribution in [2.45, 2.75) is 37.8 Å². The van der Waals surface area contributed by atoms with Crippen LogP contribution in [0.5, 0.6) is 0 Å². The SMILES string of the molecule is CN(C)c1ccc(NC2CCC(O)CC2)cc1. The molecule has 1 aromatic rings. The van der Waals surface area contributed by atoms with Crippen LogP contribution in [0.3, 0.4) is 0 Å². The Morgan fingerprint density at radius 1 is 1.06 bits per heavy atom. The summed E-state index contributed by atoms with van der Waals surface area (Å²) in [5, 5.41) is 13.0. The summed E-state index contributed by atoms with van der Waals surface area (Å²) in [6.45, 7) is 0. The van der Waals surface area contributed by atoms with E-state index in [-0.39, 0.29) is 6.10 Å². The van der Waals surface area contributed by atoms with Crippen molar-refractivity contribution in [2.24, 2.45) is 0 Å². The maximum atomic E-state index is 9.46. The molecule has 17 heavy (non-hydrogen) atoms. The molecular formula is C14H22N2O. The number of hydrogen-bond acceptors (Lipinski definition) is 3. The van der Waals surface area contributed by atoms with Crippen molar-refractivity contribution in [1.29, 1.82) is 0 Å². The average Bonchev–Trinajstić information content (AvgIpc) is 2.33. The molecule has 94 valence electrons. The van der Waals surface area contributed by atoms with Gasteiger partial charge in [0, 0.05) is 31.5 Å². The molecule has 0 atom stereocenters. The number of aliphatic hydroxyl groups is 1. The van der Waals surface area contributed by atoms with Crippen LogP contribution >= 0.6 is 0 Å². The van der Waals surface area contributed by atoms with E-state index in [2.05, 4.69) is 34.5 Å². The van der Waals surface area contributed by atoms with E-state index in [4.69, 9.17) is 0 Å². The summed E-state index contributed by atoms with van der Waals surface area (Å²) in [5.41, 5.74) is 2.40. The largest absolute Gasteiger partial charge is 0.393 e. The molecule has 0 saturated heterocycles. The van der Waals surface area contributed by atoms with Gasteiger partial charge in [0.05, 0.1) is 6.10 Å². The second kappa shape index (κ2) is 5.41. The van der Waals surface area contributed by atoms with E-state index < -0.39 is 0 Å². The zero-order valence-corrected chi connectivity index (χ0v) is 10.7. The van der Waals surface area contributed by atoms with Gasteiger partial charge in [-0.1, -0.05) is 0 Å². The topological polar surface area (TPSA) is 35.5 Å². The van der Waals surface area contributed by atoms with E-state index in [1.807, 2.05) is 14.1 Å². The van der Waals surface area contributed by atoms with E-state index in [1.54, 1.807) is 0 Å². The second-order valence-electron chi connectivity index (χ2n) is 5.09. The maximum Gasteiger partial charge on any atom is 0.0541 e. The number of benzene rings is 1. The van der Waals surface area contributed by atoms with Gasteiger partial charge in [-0.25, -0.2) is 0 Å². The fraction of sp³-hybridized carbons (Fsp3) is 0.571. The Morgan fingerprint density at radius 2 is 1.65 bits per heavy atom. The highest BCUT2D eigenvalue weighted by molar-refractivity contribution is 5.54. The Hall–Kier alpha value is -1.22. The quantitative estimate of drug-likeness (QED) is 0.843. The fourth-order valence-electron chi connectivity index (χ4n) is 2.31. The van der Waals surface area contributed by atoms with Crippen molar-refractivity contribution >= 4 is 11.4 Å². The van der Waals surface area contributed by atoms with Crippen LogP contribution in [0.4, 0.5) is 11.4 Å². The smallest absolute Gasteiger partial charge is 0.0541 e. The molecule has 1 aliphatic rings. The van der Waals surface area contributed by atoms with Crippen molar-refractivity contribution in [3.05, 3.63) is 24.3 Å². The van der Waals surface area contributed by atoms with Crippen LogP contribution < -0.4 is 10.2 Å². The summed E-state index contributed by atoms with van der Waals surface area (Å²) in [4.78, 5) is 2.10. The van der Waals surface area contributed by atoms with Gasteiger partial charge in [-0.2, -0.15) is 0 Å². The molecule has 1 fully saturated rings. The van der Waals surface area contributed by atoms with E-state index >= 15 is 0 Å². The van der Waals surface area contributed by atoms with Gasteiger partial charge in [0.15, 0.2) is 0 Å². The zero-order valence-electron chi connectivity index (χ0n) is 10.7. The molecule has 0 aromatic heterocycles. The first-order chi connectivity index (χ1) is 8.15. The summed E-state index contributed by atoms with van der Waals surface area (Å²) in [6, 6.07) is 9.02. The third-order valence-electron chi connectivity index (χ3n) is 3.45. The molecule has 0 aliphatic heterocycles. The number of rotatable bonds is 3. The third kappa shape index (κ3) is 3.37. The van der Waals surface area contributed by atoms with Crippen molar-refractivity contribution < 1.29 is 5.11 Å². The van der Waals surface area contributed by atoms with Crippen LogP contribution in [-0.2, 0) is 0 Å². The Kier molecular flexibility index (Phi) is 3.89. The Morgan fingerprint density at radius 3 is 2.18 bits per heavy atom. The van der Waals surface area contributed by atoms with Gasteiger partial charge >= 0.3 is 0 Å². The normalized spacial score (nSPS) is 24.4. The van der Waals surface area contributed by atoms with Crippen molar-refractivity contribution in [3.8, 4) is 0 Å². The minimum atomic E-state index is -0.0795. The van der Waals surface area contributed by atoms with Crippen LogP contribution in [0.15, 0.2) is 24.3 Å². The molecule has 2 N–H and O–H groups in total. The van der Waals surface area contributed by atoms with Gasteiger partial charge in [-0.05, 0) is 49.9 Å². The van der Waals surface area contributed by atoms with E-state index in [0.29, 0.717) is 6.04 Å². The lowest BCUT2D eigenvalue weighted by Gasteiger charge is -2.27. The first kappa shape index (κ1) is 12.2. The highest BCUT2D eigenvalue weighted by atomic mass is 16.3. The van der Waals surface area contributed by atoms with Crippen LogP contribution in [0.1, 0.15) is 25.7 Å². The van der Waals surface area contributed by atoms with Crippen molar-refractivity contribution in [2.75, 3.05) is 24.3 Å². The van der Waals surface area contributed by atoms with Gasteiger partial charge in [0.2, 0.25) is 0 Å². The van der Waals surface area contributed by atoms with Crippen molar-refractivity contribution in [3.63, 3.8) is 0 Å². The van der Waals surface area contributed by atoms with Gasteiger partial charge in [-0.3, -0.25) is 0 Å². The Bertz CT molecular complexity index is 340. The van der Waals surface area contributed by atoms with Crippen LogP contribution in [0.2, 0.25) is 0 Å². The summed E-state index contributed by atoms with van der Waals surface area (Å²) in [5.74, 6) is 0. The van der Waals surface area contributed by atoms with Crippen LogP contribution in [0, 0.1) is 0 Å². The lowest BCUT2D eigenvalue weighted by atomic mass is 9.93. The highest BCUT2D eigenvalue weighted by Crippen LogP contribution is 2.23. The second-order valence-corrected chi connectivity index (χ2v) is 5.09. The number of nitrogens with one attached hydrogen (secondary N) is 1. The molecule has 0 unspecified atom stereocenters. The third-order valence-corrected chi connectivity index (χ3v) is 3.45. The lowest BCUT2D eigenvalue weighted by Crippen LogP contribution is -2.28. The molecule has 3 nitrogen and oxygen atoms in total. The predicted octanol–water partition coefficient (Wildman–Crippen LogP) is 2.47. The minimum Gasteiger partial charge on any atom is -0.393 e. The number of aliphatic hydroxyl groups excluding tert-OH is 1. The first-order valence-corrected chi connectivity index (χ1v) is 6.37. The zero-order chi connectivity index (χ0) is 12.3. The molecule has 1 aromatic carbocycles. The molecule has 0 bridgehead atoms. The average molecular weight is 234 g/mol. The van der Waals surface area contributed by atoms with E-state index in [1.165, 1.54) is 11.4 Å². The lowest BCUT2D eigenvalue weighted by molar-refractivity contribution is 0.126. The molecular weight excluding hydrogens is 212 g/mol. The summed E-state index contributed by atoms with van der Waals surface area (Å²) in [7, 11) is 4.09. The number of nitrogens with zero attached hydrogens (tertiary/aromatic N) is 1. The summed E-state index contributed by atoms with van der Waals surface area (Å²) < 4.78 is 0. The molecule has 3 heteroatoms. The molecule has 1 aliphatic carbocycles. The van der Waals surface area contributed by atoms with E-state index in [0.717, 1.165) is 25.7 Å². The molecule has 0 amide bonds. The highest BCUT2D eigenvalue weighted by Gasteiger charge is 2.18. The van der Waals surface area contributed by atoms with Gasteiger partial charge in [0.25, 0.3) is 0 Å². The standard InChI is InChI=1S/C14H22N2O/c1-16(2)13-7-3-11(4-8-13)15-12-5-9-14(17)10-6-12/h3-4,7-8,12,14-15,17H,5-6,9-10H2,1-2H3. The fourth-order valence-corrected chi connectivity index (χ4v) is 2.31. The maximum absolute atomic E-state index is 9.46. The van der Waals surface area contributed by atoms with Crippen molar-refractivity contribution in [1.82, 2.24) is 0 Å². The van der Waals surface area contributed by atoms with Gasteiger partial charge in [-0.15, -0.1) is 0 Å². The van der Waals surface area contributed by atoms with Crippen LogP contribution in [0.25, 0.3) is 0 Å². The Labute approximate surface area is 103 Å². The predicted molar refractivity (Wildman–Crippen MR) is 72.7 cm³/mol. The summed E-state index contributed by atoms with van der Waals surface area (Å²) >= 11 is 0. The van der Waals surface area contributed by atoms with Gasteiger partial charge in [0.1, 0.15) is 0 Å². The minimum absolute atomic E-state index is 0.0795. The Balaban J connectivity index is 1.90. The molecule has 0 spiro atoms. The monoisotopic (exact) mass is 234 g/mol. The van der Waals surface area contributed by atoms with E-state index in [9.17, 15) is 5.11 Å². The van der Waals surface area contributed by atoms with Gasteiger partial charge < -0.3 is 15.3 Å². The first-order valence-electron chi connectivity index (χ1n) is 6.37. The molecule has 0 heterocycles. The molecule has 2 rings (SSSR count). The summed E-state index contributed by atoms with van der Waals surface area (Å²) in [6.07, 6.45) is 3.90. The molecule has 0 radical (unpaired) electrons. The van der Waals surface area contributed by atoms with Crippen LogP contribution in [-0.4, -0.2) is 31.3 Å². The number of anilines is 2. The molecule has 1 saturated carbocycles.